The summed E-state index contributed by atoms with van der Waals surface area (Å²) in [7, 11) is 3.12. The van der Waals surface area contributed by atoms with Gasteiger partial charge in [-0.2, -0.15) is 0 Å². The number of methoxy groups -OCH3 is 2. The fourth-order valence-electron chi connectivity index (χ4n) is 4.11. The summed E-state index contributed by atoms with van der Waals surface area (Å²) in [6, 6.07) is 13.9. The Morgan fingerprint density at radius 2 is 1.93 bits per heavy atom. The van der Waals surface area contributed by atoms with Crippen molar-refractivity contribution in [3.05, 3.63) is 64.8 Å². The van der Waals surface area contributed by atoms with Crippen LogP contribution >= 0.6 is 0 Å². The first-order valence-electron chi connectivity index (χ1n) is 9.64. The lowest BCUT2D eigenvalue weighted by Crippen LogP contribution is -2.45. The summed E-state index contributed by atoms with van der Waals surface area (Å²) < 4.78 is 10.7. The van der Waals surface area contributed by atoms with Gasteiger partial charge in [0.25, 0.3) is 0 Å². The summed E-state index contributed by atoms with van der Waals surface area (Å²) in [5, 5.41) is 4.64. The molecule has 5 heteroatoms. The molecule has 0 radical (unpaired) electrons. The zero-order chi connectivity index (χ0) is 19.8. The van der Waals surface area contributed by atoms with E-state index in [-0.39, 0.29) is 12.0 Å². The fraction of sp³-hybridized carbons (Fsp3) is 0.348. The first kappa shape index (κ1) is 18.6. The highest BCUT2D eigenvalue weighted by molar-refractivity contribution is 5.87. The average Bonchev–Trinajstić information content (AvgIpc) is 3.10. The van der Waals surface area contributed by atoms with Crippen LogP contribution in [0.4, 0.5) is 0 Å². The molecule has 1 aromatic heterocycles. The van der Waals surface area contributed by atoms with Crippen molar-refractivity contribution in [2.75, 3.05) is 14.2 Å². The largest absolute Gasteiger partial charge is 0.496 e. The number of aromatic nitrogens is 1. The Morgan fingerprint density at radius 3 is 2.64 bits per heavy atom. The van der Waals surface area contributed by atoms with Gasteiger partial charge in [0.05, 0.1) is 20.3 Å². The molecule has 2 aromatic carbocycles. The van der Waals surface area contributed by atoms with Crippen molar-refractivity contribution in [3.63, 3.8) is 0 Å². The molecule has 2 heterocycles. The van der Waals surface area contributed by atoms with Crippen LogP contribution in [-0.2, 0) is 16.0 Å². The first-order valence-corrected chi connectivity index (χ1v) is 9.64. The number of rotatable bonds is 4. The fourth-order valence-corrected chi connectivity index (χ4v) is 4.11. The van der Waals surface area contributed by atoms with Crippen LogP contribution < -0.4 is 10.1 Å². The Morgan fingerprint density at radius 1 is 1.14 bits per heavy atom. The van der Waals surface area contributed by atoms with E-state index in [1.165, 1.54) is 12.7 Å². The van der Waals surface area contributed by atoms with Gasteiger partial charge in [0.1, 0.15) is 11.8 Å². The molecule has 0 fully saturated rings. The topological polar surface area (TPSA) is 63.4 Å². The predicted octanol–water partition coefficient (Wildman–Crippen LogP) is 4.08. The molecular formula is C23H26N2O3. The van der Waals surface area contributed by atoms with Crippen molar-refractivity contribution in [1.29, 1.82) is 0 Å². The van der Waals surface area contributed by atoms with Crippen LogP contribution in [0.1, 0.15) is 48.2 Å². The van der Waals surface area contributed by atoms with Gasteiger partial charge in [-0.25, -0.2) is 0 Å². The molecule has 2 unspecified atom stereocenters. The quantitative estimate of drug-likeness (QED) is 0.672. The standard InChI is InChI=1S/C23H26N2O3/c1-13(2)14-9-10-20(27-3)17(11-14)22-21-16(12-19(25-22)23(26)28-4)15-7-5-6-8-18(15)24-21/h5-11,13,19,22,24-25H,12H2,1-4H3. The molecule has 5 nitrogen and oxygen atoms in total. The van der Waals surface area contributed by atoms with E-state index in [9.17, 15) is 4.79 Å². The summed E-state index contributed by atoms with van der Waals surface area (Å²) in [6.07, 6.45) is 0.592. The van der Waals surface area contributed by atoms with Crippen LogP contribution in [0.15, 0.2) is 42.5 Å². The summed E-state index contributed by atoms with van der Waals surface area (Å²) in [6.45, 7) is 4.34. The number of nitrogens with one attached hydrogen (secondary N) is 2. The van der Waals surface area contributed by atoms with Crippen molar-refractivity contribution in [2.45, 2.75) is 38.3 Å². The maximum Gasteiger partial charge on any atom is 0.323 e. The number of hydrogen-bond donors (Lipinski definition) is 2. The third kappa shape index (κ3) is 3.06. The minimum absolute atomic E-state index is 0.186. The number of fused-ring (bicyclic) bond motifs is 3. The van der Waals surface area contributed by atoms with Gasteiger partial charge in [-0.15, -0.1) is 0 Å². The van der Waals surface area contributed by atoms with Gasteiger partial charge >= 0.3 is 5.97 Å². The highest BCUT2D eigenvalue weighted by Gasteiger charge is 2.35. The van der Waals surface area contributed by atoms with E-state index < -0.39 is 6.04 Å². The number of benzene rings is 2. The van der Waals surface area contributed by atoms with Gasteiger partial charge in [0, 0.05) is 28.6 Å². The second-order valence-corrected chi connectivity index (χ2v) is 7.60. The lowest BCUT2D eigenvalue weighted by Gasteiger charge is -2.31. The molecule has 3 aromatic rings. The zero-order valence-corrected chi connectivity index (χ0v) is 16.7. The summed E-state index contributed by atoms with van der Waals surface area (Å²) in [5.74, 6) is 0.948. The molecule has 146 valence electrons. The maximum atomic E-state index is 12.4. The van der Waals surface area contributed by atoms with Gasteiger partial charge in [-0.05, 0) is 35.2 Å². The Labute approximate surface area is 165 Å². The van der Waals surface area contributed by atoms with Crippen LogP contribution in [0, 0.1) is 0 Å². The summed E-state index contributed by atoms with van der Waals surface area (Å²) in [4.78, 5) is 16.0. The number of carbonyl (C=O) groups is 1. The third-order valence-corrected chi connectivity index (χ3v) is 5.63. The Kier molecular flexibility index (Phi) is 4.85. The van der Waals surface area contributed by atoms with E-state index in [4.69, 9.17) is 9.47 Å². The SMILES string of the molecule is COC(=O)C1Cc2c([nH]c3ccccc23)C(c2cc(C(C)C)ccc2OC)N1. The minimum Gasteiger partial charge on any atom is -0.496 e. The van der Waals surface area contributed by atoms with E-state index in [1.807, 2.05) is 18.2 Å². The maximum absolute atomic E-state index is 12.4. The molecule has 0 saturated carbocycles. The highest BCUT2D eigenvalue weighted by atomic mass is 16.5. The number of H-pyrrole nitrogens is 1. The zero-order valence-electron chi connectivity index (χ0n) is 16.7. The van der Waals surface area contributed by atoms with Crippen molar-refractivity contribution in [2.24, 2.45) is 0 Å². The lowest BCUT2D eigenvalue weighted by molar-refractivity contribution is -0.143. The van der Waals surface area contributed by atoms with Crippen LogP contribution in [-0.4, -0.2) is 31.2 Å². The Hall–Kier alpha value is -2.79. The van der Waals surface area contributed by atoms with E-state index in [1.54, 1.807) is 7.11 Å². The van der Waals surface area contributed by atoms with Crippen molar-refractivity contribution < 1.29 is 14.3 Å². The molecule has 2 N–H and O–H groups in total. The van der Waals surface area contributed by atoms with Crippen molar-refractivity contribution in [3.8, 4) is 5.75 Å². The van der Waals surface area contributed by atoms with Gasteiger partial charge in [-0.1, -0.05) is 38.1 Å². The molecule has 4 rings (SSSR count). The third-order valence-electron chi connectivity index (χ3n) is 5.63. The molecule has 0 saturated heterocycles. The van der Waals surface area contributed by atoms with Crippen molar-refractivity contribution in [1.82, 2.24) is 10.3 Å². The molecule has 2 atom stereocenters. The molecule has 0 spiro atoms. The van der Waals surface area contributed by atoms with Crippen LogP contribution in [0.25, 0.3) is 10.9 Å². The highest BCUT2D eigenvalue weighted by Crippen LogP contribution is 2.39. The van der Waals surface area contributed by atoms with Crippen LogP contribution in [0.5, 0.6) is 5.75 Å². The molecule has 1 aliphatic heterocycles. The number of carbonyl (C=O) groups excluding carboxylic acids is 1. The normalized spacial score (nSPS) is 18.9. The van der Waals surface area contributed by atoms with E-state index in [0.29, 0.717) is 12.3 Å². The number of aromatic amines is 1. The molecule has 0 amide bonds. The molecule has 0 aliphatic carbocycles. The Bertz CT molecular complexity index is 1020. The van der Waals surface area contributed by atoms with Crippen molar-refractivity contribution >= 4 is 16.9 Å². The minimum atomic E-state index is -0.408. The number of para-hydroxylation sites is 1. The second-order valence-electron chi connectivity index (χ2n) is 7.60. The number of ether oxygens (including phenoxy) is 2. The lowest BCUT2D eigenvalue weighted by atomic mass is 9.88. The van der Waals surface area contributed by atoms with E-state index in [2.05, 4.69) is 48.4 Å². The van der Waals surface area contributed by atoms with E-state index >= 15 is 0 Å². The Balaban J connectivity index is 1.91. The summed E-state index contributed by atoms with van der Waals surface area (Å²) >= 11 is 0. The molecule has 1 aliphatic rings. The average molecular weight is 378 g/mol. The number of hydrogen-bond acceptors (Lipinski definition) is 4. The second kappa shape index (κ2) is 7.32. The van der Waals surface area contributed by atoms with Crippen LogP contribution in [0.2, 0.25) is 0 Å². The van der Waals surface area contributed by atoms with Gasteiger partial charge < -0.3 is 14.5 Å². The van der Waals surface area contributed by atoms with Gasteiger partial charge in [0.2, 0.25) is 0 Å². The van der Waals surface area contributed by atoms with E-state index in [0.717, 1.165) is 33.5 Å². The monoisotopic (exact) mass is 378 g/mol. The summed E-state index contributed by atoms with van der Waals surface area (Å²) in [5.41, 5.74) is 5.57. The molecule has 28 heavy (non-hydrogen) atoms. The smallest absolute Gasteiger partial charge is 0.323 e. The van der Waals surface area contributed by atoms with Gasteiger partial charge in [0.15, 0.2) is 0 Å². The van der Waals surface area contributed by atoms with Crippen LogP contribution in [0.3, 0.4) is 0 Å². The molecule has 0 bridgehead atoms. The molecular weight excluding hydrogens is 352 g/mol. The number of esters is 1. The predicted molar refractivity (Wildman–Crippen MR) is 110 cm³/mol. The van der Waals surface area contributed by atoms with Gasteiger partial charge in [-0.3, -0.25) is 10.1 Å². The first-order chi connectivity index (χ1) is 13.5.